The minimum Gasteiger partial charge on any atom is -0.271 e. The second-order valence-electron chi connectivity index (χ2n) is 3.94. The molecular weight excluding hydrogens is 257 g/mol. The van der Waals surface area contributed by atoms with Crippen LogP contribution in [-0.2, 0) is 6.54 Å². The average molecular weight is 270 g/mol. The number of benzene rings is 1. The first-order valence-corrected chi connectivity index (χ1v) is 5.71. The summed E-state index contributed by atoms with van der Waals surface area (Å²) in [5, 5.41) is 4.03. The second kappa shape index (κ2) is 5.41. The second-order valence-corrected chi connectivity index (χ2v) is 3.94. The quantitative estimate of drug-likeness (QED) is 0.506. The largest absolute Gasteiger partial charge is 0.271 e. The highest BCUT2D eigenvalue weighted by molar-refractivity contribution is 5.30. The lowest BCUT2D eigenvalue weighted by molar-refractivity contribution is 0.429. The molecule has 0 saturated heterocycles. The maximum Gasteiger partial charge on any atom is 0.194 e. The Labute approximate surface area is 108 Å². The molecule has 0 saturated carbocycles. The van der Waals surface area contributed by atoms with Gasteiger partial charge in [-0.25, -0.2) is 18.6 Å². The highest BCUT2D eigenvalue weighted by Crippen LogP contribution is 2.26. The Hall–Kier alpha value is -1.86. The highest BCUT2D eigenvalue weighted by atomic mass is 19.2. The van der Waals surface area contributed by atoms with Crippen molar-refractivity contribution in [3.05, 3.63) is 53.1 Å². The lowest BCUT2D eigenvalue weighted by atomic mass is 10.0. The highest BCUT2D eigenvalue weighted by Gasteiger charge is 2.23. The molecule has 2 aromatic rings. The summed E-state index contributed by atoms with van der Waals surface area (Å²) in [5.74, 6) is 1.40. The minimum absolute atomic E-state index is 0.0726. The number of hydrogen-bond acceptors (Lipinski definition) is 3. The zero-order valence-corrected chi connectivity index (χ0v) is 10.2. The van der Waals surface area contributed by atoms with E-state index < -0.39 is 23.5 Å². The van der Waals surface area contributed by atoms with Gasteiger partial charge in [0.2, 0.25) is 0 Å². The van der Waals surface area contributed by atoms with Crippen LogP contribution in [0.15, 0.2) is 24.4 Å². The molecule has 102 valence electrons. The van der Waals surface area contributed by atoms with Gasteiger partial charge in [-0.05, 0) is 19.1 Å². The molecular formula is C12H13F3N4. The number of nitrogens with two attached hydrogens (primary N) is 1. The Morgan fingerprint density at radius 2 is 2.00 bits per heavy atom. The lowest BCUT2D eigenvalue weighted by Crippen LogP contribution is -2.31. The van der Waals surface area contributed by atoms with Gasteiger partial charge in [0, 0.05) is 18.3 Å². The van der Waals surface area contributed by atoms with Crippen molar-refractivity contribution in [1.82, 2.24) is 15.2 Å². The monoisotopic (exact) mass is 270 g/mol. The van der Waals surface area contributed by atoms with Gasteiger partial charge < -0.3 is 0 Å². The smallest absolute Gasteiger partial charge is 0.194 e. The topological polar surface area (TPSA) is 55.9 Å². The van der Waals surface area contributed by atoms with E-state index in [0.717, 1.165) is 12.1 Å². The Morgan fingerprint density at radius 3 is 2.63 bits per heavy atom. The van der Waals surface area contributed by atoms with Crippen molar-refractivity contribution in [3.8, 4) is 0 Å². The summed E-state index contributed by atoms with van der Waals surface area (Å²) in [5.41, 5.74) is 2.89. The summed E-state index contributed by atoms with van der Waals surface area (Å²) in [6.45, 7) is 2.40. The summed E-state index contributed by atoms with van der Waals surface area (Å²) in [7, 11) is 0. The van der Waals surface area contributed by atoms with Crippen LogP contribution in [0.3, 0.4) is 0 Å². The standard InChI is InChI=1S/C12H13F3N4/c1-2-19-9(5-6-17-19)12(18-16)7-3-4-8(13)11(15)10(7)14/h3-6,12,18H,2,16H2,1H3. The van der Waals surface area contributed by atoms with Crippen molar-refractivity contribution in [2.75, 3.05) is 0 Å². The van der Waals surface area contributed by atoms with Gasteiger partial charge in [0.05, 0.1) is 11.7 Å². The van der Waals surface area contributed by atoms with E-state index in [2.05, 4.69) is 10.5 Å². The van der Waals surface area contributed by atoms with E-state index in [0.29, 0.717) is 12.2 Å². The molecule has 0 aliphatic rings. The maximum absolute atomic E-state index is 13.8. The predicted octanol–water partition coefficient (Wildman–Crippen LogP) is 1.87. The number of nitrogens with zero attached hydrogens (tertiary/aromatic N) is 2. The molecule has 1 unspecified atom stereocenters. The SMILES string of the molecule is CCn1nccc1C(NN)c1ccc(F)c(F)c1F. The van der Waals surface area contributed by atoms with Crippen molar-refractivity contribution in [3.63, 3.8) is 0 Å². The molecule has 19 heavy (non-hydrogen) atoms. The Balaban J connectivity index is 2.52. The molecule has 0 bridgehead atoms. The number of halogens is 3. The van der Waals surface area contributed by atoms with Crippen LogP contribution in [0.5, 0.6) is 0 Å². The zero-order chi connectivity index (χ0) is 14.0. The molecule has 0 aliphatic heterocycles. The molecule has 0 fully saturated rings. The molecule has 0 amide bonds. The number of aryl methyl sites for hydroxylation is 1. The van der Waals surface area contributed by atoms with Gasteiger partial charge in [-0.3, -0.25) is 10.5 Å². The fraction of sp³-hybridized carbons (Fsp3) is 0.250. The van der Waals surface area contributed by atoms with Gasteiger partial charge in [-0.2, -0.15) is 5.10 Å². The Bertz CT molecular complexity index is 582. The number of nitrogens with one attached hydrogen (secondary N) is 1. The number of rotatable bonds is 4. The normalized spacial score (nSPS) is 12.7. The van der Waals surface area contributed by atoms with Gasteiger partial charge in [0.1, 0.15) is 0 Å². The molecule has 1 atom stereocenters. The van der Waals surface area contributed by atoms with E-state index in [9.17, 15) is 13.2 Å². The molecule has 1 heterocycles. The maximum atomic E-state index is 13.8. The van der Waals surface area contributed by atoms with Crippen LogP contribution in [0.1, 0.15) is 24.2 Å². The Morgan fingerprint density at radius 1 is 1.26 bits per heavy atom. The lowest BCUT2D eigenvalue weighted by Gasteiger charge is -2.18. The Kier molecular flexibility index (Phi) is 3.87. The van der Waals surface area contributed by atoms with E-state index in [-0.39, 0.29) is 5.56 Å². The summed E-state index contributed by atoms with van der Waals surface area (Å²) < 4.78 is 41.6. The first-order chi connectivity index (χ1) is 9.10. The van der Waals surface area contributed by atoms with Crippen LogP contribution in [-0.4, -0.2) is 9.78 Å². The summed E-state index contributed by atoms with van der Waals surface area (Å²) in [4.78, 5) is 0. The summed E-state index contributed by atoms with van der Waals surface area (Å²) in [6, 6.07) is 2.85. The summed E-state index contributed by atoms with van der Waals surface area (Å²) >= 11 is 0. The van der Waals surface area contributed by atoms with Gasteiger partial charge in [-0.1, -0.05) is 6.07 Å². The summed E-state index contributed by atoms with van der Waals surface area (Å²) in [6.07, 6.45) is 1.53. The van der Waals surface area contributed by atoms with E-state index in [1.54, 1.807) is 10.7 Å². The third-order valence-electron chi connectivity index (χ3n) is 2.89. The minimum atomic E-state index is -1.51. The van der Waals surface area contributed by atoms with Crippen molar-refractivity contribution < 1.29 is 13.2 Å². The average Bonchev–Trinajstić information content (AvgIpc) is 2.88. The molecule has 1 aromatic carbocycles. The van der Waals surface area contributed by atoms with Gasteiger partial charge in [0.25, 0.3) is 0 Å². The zero-order valence-electron chi connectivity index (χ0n) is 10.2. The van der Waals surface area contributed by atoms with E-state index in [1.165, 1.54) is 6.20 Å². The van der Waals surface area contributed by atoms with Crippen LogP contribution >= 0.6 is 0 Å². The first-order valence-electron chi connectivity index (χ1n) is 5.71. The van der Waals surface area contributed by atoms with E-state index in [4.69, 9.17) is 5.84 Å². The van der Waals surface area contributed by atoms with Crippen molar-refractivity contribution in [2.24, 2.45) is 5.84 Å². The van der Waals surface area contributed by atoms with Crippen LogP contribution in [0.4, 0.5) is 13.2 Å². The molecule has 0 aliphatic carbocycles. The predicted molar refractivity (Wildman–Crippen MR) is 63.4 cm³/mol. The van der Waals surface area contributed by atoms with Crippen LogP contribution < -0.4 is 11.3 Å². The number of aromatic nitrogens is 2. The van der Waals surface area contributed by atoms with Gasteiger partial charge >= 0.3 is 0 Å². The van der Waals surface area contributed by atoms with Crippen LogP contribution in [0, 0.1) is 17.5 Å². The van der Waals surface area contributed by atoms with Crippen LogP contribution in [0.2, 0.25) is 0 Å². The van der Waals surface area contributed by atoms with E-state index >= 15 is 0 Å². The van der Waals surface area contributed by atoms with Crippen molar-refractivity contribution in [2.45, 2.75) is 19.5 Å². The van der Waals surface area contributed by atoms with Gasteiger partial charge in [-0.15, -0.1) is 0 Å². The van der Waals surface area contributed by atoms with Gasteiger partial charge in [0.15, 0.2) is 17.5 Å². The fourth-order valence-corrected chi connectivity index (χ4v) is 1.95. The molecule has 4 nitrogen and oxygen atoms in total. The third kappa shape index (κ3) is 2.34. The molecule has 0 radical (unpaired) electrons. The van der Waals surface area contributed by atoms with Crippen molar-refractivity contribution >= 4 is 0 Å². The third-order valence-corrected chi connectivity index (χ3v) is 2.89. The van der Waals surface area contributed by atoms with Crippen LogP contribution in [0.25, 0.3) is 0 Å². The number of hydrazine groups is 1. The molecule has 3 N–H and O–H groups in total. The fourth-order valence-electron chi connectivity index (χ4n) is 1.95. The molecule has 1 aromatic heterocycles. The number of hydrogen-bond donors (Lipinski definition) is 2. The molecule has 7 heteroatoms. The molecule has 0 spiro atoms. The van der Waals surface area contributed by atoms with Crippen molar-refractivity contribution in [1.29, 1.82) is 0 Å². The first kappa shape index (κ1) is 13.6. The van der Waals surface area contributed by atoms with E-state index in [1.807, 2.05) is 6.92 Å². The molecule has 2 rings (SSSR count).